The van der Waals surface area contributed by atoms with Crippen LogP contribution in [0.5, 0.6) is 0 Å². The van der Waals surface area contributed by atoms with E-state index in [1.54, 1.807) is 12.2 Å². The Hall–Kier alpha value is -1.58. The smallest absolute Gasteiger partial charge is 0.307 e. The van der Waals surface area contributed by atoms with Crippen LogP contribution in [0, 0.1) is 11.8 Å². The summed E-state index contributed by atoms with van der Waals surface area (Å²) in [6.07, 6.45) is 7.77. The largest absolute Gasteiger partial charge is 0.431 e. The first-order valence-corrected chi connectivity index (χ1v) is 6.35. The van der Waals surface area contributed by atoms with Gasteiger partial charge in [-0.25, -0.2) is 0 Å². The number of carbonyl (C=O) groups excluding carboxylic acids is 2. The first-order chi connectivity index (χ1) is 8.56. The molecule has 2 aliphatic carbocycles. The summed E-state index contributed by atoms with van der Waals surface area (Å²) in [5.41, 5.74) is 0. The second kappa shape index (κ2) is 5.38. The van der Waals surface area contributed by atoms with Crippen LogP contribution in [0.1, 0.15) is 39.5 Å². The molecule has 0 N–H and O–H groups in total. The molecule has 0 aromatic heterocycles. The summed E-state index contributed by atoms with van der Waals surface area (Å²) < 4.78 is 10.3. The van der Waals surface area contributed by atoms with E-state index >= 15 is 0 Å². The summed E-state index contributed by atoms with van der Waals surface area (Å²) in [5.74, 6) is 1.47. The van der Waals surface area contributed by atoms with E-state index in [0.29, 0.717) is 23.4 Å². The minimum absolute atomic E-state index is 0.304. The van der Waals surface area contributed by atoms with Crippen molar-refractivity contribution < 1.29 is 19.1 Å². The Kier molecular flexibility index (Phi) is 3.84. The van der Waals surface area contributed by atoms with Gasteiger partial charge in [-0.15, -0.1) is 0 Å². The molecule has 0 saturated heterocycles. The van der Waals surface area contributed by atoms with E-state index in [0.717, 1.165) is 25.7 Å². The van der Waals surface area contributed by atoms with Crippen LogP contribution in [0.4, 0.5) is 0 Å². The maximum Gasteiger partial charge on any atom is 0.307 e. The fourth-order valence-corrected chi connectivity index (χ4v) is 1.74. The van der Waals surface area contributed by atoms with Crippen LogP contribution in [-0.2, 0) is 19.1 Å². The van der Waals surface area contributed by atoms with Gasteiger partial charge >= 0.3 is 11.9 Å². The highest BCUT2D eigenvalue weighted by Gasteiger charge is 2.30. The number of hydrogen-bond acceptors (Lipinski definition) is 4. The zero-order valence-electron chi connectivity index (χ0n) is 10.8. The van der Waals surface area contributed by atoms with E-state index in [1.807, 2.05) is 0 Å². The zero-order valence-corrected chi connectivity index (χ0v) is 10.8. The molecule has 0 atom stereocenters. The molecule has 4 heteroatoms. The molecule has 98 valence electrons. The van der Waals surface area contributed by atoms with Crippen LogP contribution < -0.4 is 0 Å². The highest BCUT2D eigenvalue weighted by atomic mass is 16.5. The monoisotopic (exact) mass is 250 g/mol. The summed E-state index contributed by atoms with van der Waals surface area (Å²) in [4.78, 5) is 22.0. The van der Waals surface area contributed by atoms with E-state index < -0.39 is 0 Å². The molecule has 0 aliphatic heterocycles. The van der Waals surface area contributed by atoms with Gasteiger partial charge in [0.2, 0.25) is 0 Å². The number of rotatable bonds is 5. The Labute approximate surface area is 107 Å². The van der Waals surface area contributed by atoms with E-state index in [4.69, 9.17) is 9.47 Å². The molecule has 2 aliphatic rings. The van der Waals surface area contributed by atoms with Gasteiger partial charge in [-0.1, -0.05) is 0 Å². The Morgan fingerprint density at radius 1 is 0.833 bits per heavy atom. The highest BCUT2D eigenvalue weighted by molar-refractivity contribution is 5.68. The van der Waals surface area contributed by atoms with Gasteiger partial charge in [0.15, 0.2) is 0 Å². The molecule has 0 radical (unpaired) electrons. The Bertz CT molecular complexity index is 372. The van der Waals surface area contributed by atoms with E-state index in [9.17, 15) is 9.59 Å². The lowest BCUT2D eigenvalue weighted by atomic mass is 10.2. The van der Waals surface area contributed by atoms with Gasteiger partial charge in [0.1, 0.15) is 11.5 Å². The molecule has 2 saturated carbocycles. The number of hydrogen-bond donors (Lipinski definition) is 0. The number of ether oxygens (including phenoxy) is 2. The van der Waals surface area contributed by atoms with Gasteiger partial charge in [-0.2, -0.15) is 0 Å². The standard InChI is InChI=1S/C14H18O4/c1-9(15)17-13(11-3-4-11)7-8-14(12-5-6-12)18-10(2)16/h7-8,11-12H,3-6H2,1-2H3/b13-7-,14-8-. The summed E-state index contributed by atoms with van der Waals surface area (Å²) in [5, 5.41) is 0. The van der Waals surface area contributed by atoms with Gasteiger partial charge in [-0.3, -0.25) is 9.59 Å². The molecule has 18 heavy (non-hydrogen) atoms. The van der Waals surface area contributed by atoms with Gasteiger partial charge in [0.05, 0.1) is 0 Å². The van der Waals surface area contributed by atoms with Gasteiger partial charge in [0, 0.05) is 25.7 Å². The Balaban J connectivity index is 2.06. The quantitative estimate of drug-likeness (QED) is 0.427. The van der Waals surface area contributed by atoms with Crippen molar-refractivity contribution in [1.82, 2.24) is 0 Å². The lowest BCUT2D eigenvalue weighted by molar-refractivity contribution is -0.138. The maximum atomic E-state index is 11.0. The fraction of sp³-hybridized carbons (Fsp3) is 0.571. The van der Waals surface area contributed by atoms with Crippen molar-refractivity contribution in [2.75, 3.05) is 0 Å². The minimum Gasteiger partial charge on any atom is -0.431 e. The SMILES string of the molecule is CC(=O)O/C(=C\C=C(/OC(C)=O)C1CC1)C1CC1. The first kappa shape index (κ1) is 12.9. The van der Waals surface area contributed by atoms with Crippen molar-refractivity contribution in [2.45, 2.75) is 39.5 Å². The average molecular weight is 250 g/mol. The summed E-state index contributed by atoms with van der Waals surface area (Å²) in [7, 11) is 0. The topological polar surface area (TPSA) is 52.6 Å². The first-order valence-electron chi connectivity index (χ1n) is 6.35. The molecule has 2 rings (SSSR count). The zero-order chi connectivity index (χ0) is 13.1. The molecule has 0 aromatic carbocycles. The summed E-state index contributed by atoms with van der Waals surface area (Å²) in [6, 6.07) is 0. The van der Waals surface area contributed by atoms with Gasteiger partial charge in [0.25, 0.3) is 0 Å². The molecular formula is C14H18O4. The predicted molar refractivity (Wildman–Crippen MR) is 65.1 cm³/mol. The maximum absolute atomic E-state index is 11.0. The predicted octanol–water partition coefficient (Wildman–Crippen LogP) is 2.70. The highest BCUT2D eigenvalue weighted by Crippen LogP contribution is 2.39. The minimum atomic E-state index is -0.304. The van der Waals surface area contributed by atoms with Crippen LogP contribution in [0.25, 0.3) is 0 Å². The Morgan fingerprint density at radius 2 is 1.17 bits per heavy atom. The van der Waals surface area contributed by atoms with E-state index in [1.165, 1.54) is 13.8 Å². The molecule has 2 fully saturated rings. The summed E-state index contributed by atoms with van der Waals surface area (Å²) in [6.45, 7) is 2.79. The molecule has 0 amide bonds. The van der Waals surface area contributed by atoms with E-state index in [-0.39, 0.29) is 11.9 Å². The third-order valence-electron chi connectivity index (χ3n) is 2.89. The molecule has 0 aromatic rings. The Morgan fingerprint density at radius 3 is 1.39 bits per heavy atom. The van der Waals surface area contributed by atoms with Crippen molar-refractivity contribution in [3.05, 3.63) is 23.7 Å². The third-order valence-corrected chi connectivity index (χ3v) is 2.89. The summed E-state index contributed by atoms with van der Waals surface area (Å²) >= 11 is 0. The van der Waals surface area contributed by atoms with Gasteiger partial charge < -0.3 is 9.47 Å². The molecule has 0 spiro atoms. The molecule has 4 nitrogen and oxygen atoms in total. The van der Waals surface area contributed by atoms with Crippen LogP contribution in [0.3, 0.4) is 0 Å². The van der Waals surface area contributed by atoms with Crippen LogP contribution in [-0.4, -0.2) is 11.9 Å². The second-order valence-corrected chi connectivity index (χ2v) is 4.87. The lowest BCUT2D eigenvalue weighted by Crippen LogP contribution is -2.02. The van der Waals surface area contributed by atoms with E-state index in [2.05, 4.69) is 0 Å². The lowest BCUT2D eigenvalue weighted by Gasteiger charge is -2.06. The third kappa shape index (κ3) is 4.02. The van der Waals surface area contributed by atoms with Crippen molar-refractivity contribution in [2.24, 2.45) is 11.8 Å². The number of allylic oxidation sites excluding steroid dienone is 4. The van der Waals surface area contributed by atoms with Crippen LogP contribution in [0.2, 0.25) is 0 Å². The molecular weight excluding hydrogens is 232 g/mol. The van der Waals surface area contributed by atoms with Crippen LogP contribution in [0.15, 0.2) is 23.7 Å². The van der Waals surface area contributed by atoms with Crippen molar-refractivity contribution in [3.63, 3.8) is 0 Å². The normalized spacial score (nSPS) is 20.6. The fourth-order valence-electron chi connectivity index (χ4n) is 1.74. The van der Waals surface area contributed by atoms with Crippen molar-refractivity contribution >= 4 is 11.9 Å². The van der Waals surface area contributed by atoms with Gasteiger partial charge in [-0.05, 0) is 37.8 Å². The van der Waals surface area contributed by atoms with Crippen LogP contribution >= 0.6 is 0 Å². The molecule has 0 unspecified atom stereocenters. The number of esters is 2. The van der Waals surface area contributed by atoms with Crippen molar-refractivity contribution in [3.8, 4) is 0 Å². The molecule has 0 heterocycles. The molecule has 0 bridgehead atoms. The number of carbonyl (C=O) groups is 2. The average Bonchev–Trinajstić information content (AvgIpc) is 3.15. The van der Waals surface area contributed by atoms with Crippen molar-refractivity contribution in [1.29, 1.82) is 0 Å². The second-order valence-electron chi connectivity index (χ2n) is 4.87.